The van der Waals surface area contributed by atoms with E-state index < -0.39 is 21.9 Å². The number of hydrogen-bond acceptors (Lipinski definition) is 4. The van der Waals surface area contributed by atoms with Gasteiger partial charge in [-0.3, -0.25) is 4.79 Å². The van der Waals surface area contributed by atoms with Crippen molar-refractivity contribution in [1.82, 2.24) is 9.62 Å². The normalized spacial score (nSPS) is 17.7. The van der Waals surface area contributed by atoms with Gasteiger partial charge in [0.2, 0.25) is 15.9 Å². The van der Waals surface area contributed by atoms with Crippen molar-refractivity contribution in [2.75, 3.05) is 6.54 Å². The molecule has 6 nitrogen and oxygen atoms in total. The monoisotopic (exact) mass is 434 g/mol. The predicted molar refractivity (Wildman–Crippen MR) is 112 cm³/mol. The Morgan fingerprint density at radius 2 is 1.80 bits per heavy atom. The smallest absolute Gasteiger partial charge is 0.243 e. The van der Waals surface area contributed by atoms with Gasteiger partial charge < -0.3 is 10.1 Å². The van der Waals surface area contributed by atoms with Crippen molar-refractivity contribution in [2.45, 2.75) is 56.7 Å². The Morgan fingerprint density at radius 1 is 1.13 bits per heavy atom. The van der Waals surface area contributed by atoms with Crippen LogP contribution in [0.15, 0.2) is 53.4 Å². The van der Waals surface area contributed by atoms with E-state index in [-0.39, 0.29) is 23.5 Å². The van der Waals surface area contributed by atoms with Crippen LogP contribution >= 0.6 is 0 Å². The van der Waals surface area contributed by atoms with E-state index in [9.17, 15) is 17.6 Å². The molecule has 30 heavy (non-hydrogen) atoms. The van der Waals surface area contributed by atoms with Crippen LogP contribution in [0.2, 0.25) is 0 Å². The summed E-state index contributed by atoms with van der Waals surface area (Å²) in [4.78, 5) is 12.8. The highest BCUT2D eigenvalue weighted by Crippen LogP contribution is 2.26. The molecule has 1 aliphatic rings. The van der Waals surface area contributed by atoms with Crippen molar-refractivity contribution >= 4 is 15.9 Å². The first kappa shape index (κ1) is 22.2. The van der Waals surface area contributed by atoms with Crippen LogP contribution in [0.1, 0.15) is 38.7 Å². The standard InChI is InChI=1S/C22H27FN2O4S/c1-16(2)29-19-10-6-17(7-11-19)15-24-22(26)21-5-3-4-14-25(21)30(27,28)20-12-8-18(23)9-13-20/h6-13,16,21H,3-5,14-15H2,1-2H3,(H,24,26)/t21-/m1/s1. The van der Waals surface area contributed by atoms with Crippen LogP contribution in [0.4, 0.5) is 4.39 Å². The fourth-order valence-corrected chi connectivity index (χ4v) is 5.12. The number of piperidine rings is 1. The van der Waals surface area contributed by atoms with Crippen molar-refractivity contribution in [3.63, 3.8) is 0 Å². The Kier molecular flexibility index (Phi) is 7.10. The van der Waals surface area contributed by atoms with Crippen molar-refractivity contribution in [3.8, 4) is 5.75 Å². The average molecular weight is 435 g/mol. The maximum Gasteiger partial charge on any atom is 0.243 e. The zero-order valence-corrected chi connectivity index (χ0v) is 18.0. The molecule has 1 atom stereocenters. The van der Waals surface area contributed by atoms with E-state index in [1.165, 1.54) is 16.4 Å². The number of ether oxygens (including phenoxy) is 1. The summed E-state index contributed by atoms with van der Waals surface area (Å²) in [5, 5.41) is 2.85. The lowest BCUT2D eigenvalue weighted by Gasteiger charge is -2.33. The molecule has 1 aliphatic heterocycles. The molecule has 162 valence electrons. The summed E-state index contributed by atoms with van der Waals surface area (Å²) in [6.07, 6.45) is 1.99. The number of nitrogens with zero attached hydrogens (tertiary/aromatic N) is 1. The van der Waals surface area contributed by atoms with E-state index in [1.54, 1.807) is 0 Å². The van der Waals surface area contributed by atoms with Crippen molar-refractivity contribution in [3.05, 3.63) is 59.9 Å². The van der Waals surface area contributed by atoms with Gasteiger partial charge in [-0.15, -0.1) is 0 Å². The molecule has 1 N–H and O–H groups in total. The fraction of sp³-hybridized carbons (Fsp3) is 0.409. The average Bonchev–Trinajstić information content (AvgIpc) is 2.73. The van der Waals surface area contributed by atoms with E-state index in [0.29, 0.717) is 19.4 Å². The molecule has 8 heteroatoms. The first-order chi connectivity index (χ1) is 14.3. The van der Waals surface area contributed by atoms with Gasteiger partial charge >= 0.3 is 0 Å². The lowest BCUT2D eigenvalue weighted by Crippen LogP contribution is -2.51. The molecular weight excluding hydrogens is 407 g/mol. The Hall–Kier alpha value is -2.45. The minimum absolute atomic E-state index is 0.00987. The van der Waals surface area contributed by atoms with Crippen LogP contribution in [0.3, 0.4) is 0 Å². The molecule has 1 saturated heterocycles. The topological polar surface area (TPSA) is 75.7 Å². The number of nitrogens with one attached hydrogen (secondary N) is 1. The minimum Gasteiger partial charge on any atom is -0.491 e. The van der Waals surface area contributed by atoms with Gasteiger partial charge in [0.15, 0.2) is 0 Å². The zero-order chi connectivity index (χ0) is 21.7. The predicted octanol–water partition coefficient (Wildman–Crippen LogP) is 3.47. The lowest BCUT2D eigenvalue weighted by molar-refractivity contribution is -0.125. The second-order valence-corrected chi connectivity index (χ2v) is 9.50. The Labute approximate surface area is 177 Å². The molecule has 0 unspecified atom stereocenters. The molecule has 0 radical (unpaired) electrons. The third-order valence-electron chi connectivity index (χ3n) is 4.94. The number of sulfonamides is 1. The summed E-state index contributed by atoms with van der Waals surface area (Å²) >= 11 is 0. The molecule has 0 saturated carbocycles. The number of hydrogen-bond donors (Lipinski definition) is 1. The zero-order valence-electron chi connectivity index (χ0n) is 17.2. The molecule has 0 aliphatic carbocycles. The van der Waals surface area contributed by atoms with Crippen molar-refractivity contribution in [2.24, 2.45) is 0 Å². The third-order valence-corrected chi connectivity index (χ3v) is 6.86. The van der Waals surface area contributed by atoms with Gasteiger partial charge in [-0.25, -0.2) is 12.8 Å². The minimum atomic E-state index is -3.88. The van der Waals surface area contributed by atoms with Crippen LogP contribution in [0.5, 0.6) is 5.75 Å². The number of rotatable bonds is 7. The molecule has 1 heterocycles. The van der Waals surface area contributed by atoms with Crippen LogP contribution in [0.25, 0.3) is 0 Å². The molecule has 0 aromatic heterocycles. The number of carbonyl (C=O) groups excluding carboxylic acids is 1. The maximum atomic E-state index is 13.2. The number of benzene rings is 2. The van der Waals surface area contributed by atoms with E-state index in [1.807, 2.05) is 38.1 Å². The van der Waals surface area contributed by atoms with Gasteiger partial charge in [0.25, 0.3) is 0 Å². The highest BCUT2D eigenvalue weighted by Gasteiger charge is 2.37. The second kappa shape index (κ2) is 9.57. The molecule has 1 amide bonds. The molecule has 2 aromatic rings. The van der Waals surface area contributed by atoms with Gasteiger partial charge in [0, 0.05) is 13.1 Å². The number of amides is 1. The third kappa shape index (κ3) is 5.37. The summed E-state index contributed by atoms with van der Waals surface area (Å²) in [5.41, 5.74) is 0.892. The SMILES string of the molecule is CC(C)Oc1ccc(CNC(=O)[C@H]2CCCCN2S(=O)(=O)c2ccc(F)cc2)cc1. The number of carbonyl (C=O) groups is 1. The summed E-state index contributed by atoms with van der Waals surface area (Å²) < 4.78 is 46.1. The first-order valence-electron chi connectivity index (χ1n) is 10.1. The van der Waals surface area contributed by atoms with Gasteiger partial charge in [-0.1, -0.05) is 18.6 Å². The van der Waals surface area contributed by atoms with Gasteiger partial charge in [0.05, 0.1) is 11.0 Å². The second-order valence-electron chi connectivity index (χ2n) is 7.61. The molecule has 2 aromatic carbocycles. The Bertz CT molecular complexity index is 960. The summed E-state index contributed by atoms with van der Waals surface area (Å²) in [5.74, 6) is -0.0847. The molecular formula is C22H27FN2O4S. The summed E-state index contributed by atoms with van der Waals surface area (Å²) in [6.45, 7) is 4.45. The van der Waals surface area contributed by atoms with Crippen LogP contribution in [0, 0.1) is 5.82 Å². The quantitative estimate of drug-likeness (QED) is 0.724. The van der Waals surface area contributed by atoms with E-state index in [0.717, 1.165) is 29.9 Å². The fourth-order valence-electron chi connectivity index (χ4n) is 3.46. The Balaban J connectivity index is 1.68. The highest BCUT2D eigenvalue weighted by molar-refractivity contribution is 7.89. The van der Waals surface area contributed by atoms with Crippen LogP contribution in [-0.4, -0.2) is 37.3 Å². The summed E-state index contributed by atoms with van der Waals surface area (Å²) in [7, 11) is -3.88. The summed E-state index contributed by atoms with van der Waals surface area (Å²) in [6, 6.07) is 11.3. The van der Waals surface area contributed by atoms with Crippen LogP contribution in [-0.2, 0) is 21.4 Å². The Morgan fingerprint density at radius 3 is 2.43 bits per heavy atom. The maximum absolute atomic E-state index is 13.2. The molecule has 0 bridgehead atoms. The van der Waals surface area contributed by atoms with Crippen molar-refractivity contribution < 1.29 is 22.3 Å². The largest absolute Gasteiger partial charge is 0.491 e. The van der Waals surface area contributed by atoms with Crippen molar-refractivity contribution in [1.29, 1.82) is 0 Å². The van der Waals surface area contributed by atoms with Gasteiger partial charge in [-0.05, 0) is 68.7 Å². The molecule has 1 fully saturated rings. The van der Waals surface area contributed by atoms with Gasteiger partial charge in [0.1, 0.15) is 17.6 Å². The molecule has 3 rings (SSSR count). The number of halogens is 1. The lowest BCUT2D eigenvalue weighted by atomic mass is 10.0. The van der Waals surface area contributed by atoms with E-state index in [2.05, 4.69) is 5.32 Å². The van der Waals surface area contributed by atoms with E-state index >= 15 is 0 Å². The molecule has 0 spiro atoms. The first-order valence-corrected chi connectivity index (χ1v) is 11.5. The van der Waals surface area contributed by atoms with Gasteiger partial charge in [-0.2, -0.15) is 4.31 Å². The highest BCUT2D eigenvalue weighted by atomic mass is 32.2. The van der Waals surface area contributed by atoms with Crippen LogP contribution < -0.4 is 10.1 Å². The van der Waals surface area contributed by atoms with E-state index in [4.69, 9.17) is 4.74 Å².